The van der Waals surface area contributed by atoms with Crippen molar-refractivity contribution >= 4 is 11.8 Å². The van der Waals surface area contributed by atoms with E-state index < -0.39 is 0 Å². The molecule has 3 aromatic rings. The molecule has 1 N–H and O–H groups in total. The number of benzene rings is 3. The largest absolute Gasteiger partial charge is 0.348 e. The van der Waals surface area contributed by atoms with Gasteiger partial charge in [0.05, 0.1) is 0 Å². The van der Waals surface area contributed by atoms with Crippen LogP contribution in [-0.2, 0) is 13.1 Å². The SMILES string of the molecule is CCN(Cc1ccccc1)C(=O)c1ccc(CNC(=O)c2ccccc2)cc1. The number of hydrogen-bond acceptors (Lipinski definition) is 2. The molecule has 142 valence electrons. The number of nitrogens with zero attached hydrogens (tertiary/aromatic N) is 1. The van der Waals surface area contributed by atoms with Crippen LogP contribution < -0.4 is 5.32 Å². The zero-order valence-electron chi connectivity index (χ0n) is 16.0. The smallest absolute Gasteiger partial charge is 0.254 e. The number of hydrogen-bond donors (Lipinski definition) is 1. The summed E-state index contributed by atoms with van der Waals surface area (Å²) in [4.78, 5) is 26.7. The highest BCUT2D eigenvalue weighted by Gasteiger charge is 2.14. The average Bonchev–Trinajstić information content (AvgIpc) is 2.77. The lowest BCUT2D eigenvalue weighted by molar-refractivity contribution is 0.0752. The fraction of sp³-hybridized carbons (Fsp3) is 0.167. The van der Waals surface area contributed by atoms with Gasteiger partial charge in [-0.15, -0.1) is 0 Å². The van der Waals surface area contributed by atoms with Crippen LogP contribution in [0.4, 0.5) is 0 Å². The maximum absolute atomic E-state index is 12.8. The van der Waals surface area contributed by atoms with E-state index in [0.29, 0.717) is 30.8 Å². The zero-order chi connectivity index (χ0) is 19.8. The highest BCUT2D eigenvalue weighted by molar-refractivity contribution is 5.95. The first kappa shape index (κ1) is 19.4. The molecular weight excluding hydrogens is 348 g/mol. The van der Waals surface area contributed by atoms with E-state index in [0.717, 1.165) is 11.1 Å². The predicted octanol–water partition coefficient (Wildman–Crippen LogP) is 4.28. The summed E-state index contributed by atoms with van der Waals surface area (Å²) in [5.41, 5.74) is 3.34. The highest BCUT2D eigenvalue weighted by atomic mass is 16.2. The molecule has 3 aromatic carbocycles. The third-order valence-electron chi connectivity index (χ3n) is 4.58. The van der Waals surface area contributed by atoms with Crippen molar-refractivity contribution in [1.82, 2.24) is 10.2 Å². The first-order valence-electron chi connectivity index (χ1n) is 9.42. The van der Waals surface area contributed by atoms with Crippen molar-refractivity contribution in [3.05, 3.63) is 107 Å². The van der Waals surface area contributed by atoms with Crippen LogP contribution in [-0.4, -0.2) is 23.3 Å². The molecule has 28 heavy (non-hydrogen) atoms. The van der Waals surface area contributed by atoms with Gasteiger partial charge in [0.2, 0.25) is 0 Å². The number of amides is 2. The Labute approximate surface area is 165 Å². The molecule has 0 unspecified atom stereocenters. The molecule has 0 heterocycles. The Morgan fingerprint density at radius 2 is 1.36 bits per heavy atom. The quantitative estimate of drug-likeness (QED) is 0.673. The van der Waals surface area contributed by atoms with Gasteiger partial charge in [-0.25, -0.2) is 0 Å². The molecule has 0 spiro atoms. The molecule has 0 aromatic heterocycles. The Hall–Kier alpha value is -3.40. The molecule has 0 radical (unpaired) electrons. The molecule has 3 rings (SSSR count). The number of nitrogens with one attached hydrogen (secondary N) is 1. The van der Waals surface area contributed by atoms with Crippen molar-refractivity contribution in [1.29, 1.82) is 0 Å². The molecule has 0 bridgehead atoms. The van der Waals surface area contributed by atoms with Gasteiger partial charge in [-0.3, -0.25) is 9.59 Å². The van der Waals surface area contributed by atoms with Gasteiger partial charge in [0.25, 0.3) is 11.8 Å². The monoisotopic (exact) mass is 372 g/mol. The van der Waals surface area contributed by atoms with Gasteiger partial charge in [-0.1, -0.05) is 60.7 Å². The summed E-state index contributed by atoms with van der Waals surface area (Å²) >= 11 is 0. The first-order chi connectivity index (χ1) is 13.7. The van der Waals surface area contributed by atoms with E-state index in [2.05, 4.69) is 5.32 Å². The first-order valence-corrected chi connectivity index (χ1v) is 9.42. The molecule has 2 amide bonds. The van der Waals surface area contributed by atoms with Crippen LogP contribution in [0, 0.1) is 0 Å². The van der Waals surface area contributed by atoms with Crippen LogP contribution in [0.25, 0.3) is 0 Å². The maximum Gasteiger partial charge on any atom is 0.254 e. The van der Waals surface area contributed by atoms with Gasteiger partial charge >= 0.3 is 0 Å². The Bertz CT molecular complexity index is 906. The molecule has 0 aliphatic carbocycles. The van der Waals surface area contributed by atoms with Crippen LogP contribution in [0.15, 0.2) is 84.9 Å². The second-order valence-electron chi connectivity index (χ2n) is 6.55. The molecule has 0 saturated heterocycles. The summed E-state index contributed by atoms with van der Waals surface area (Å²) in [5, 5.41) is 2.90. The summed E-state index contributed by atoms with van der Waals surface area (Å²) in [6.45, 7) is 3.63. The second-order valence-corrected chi connectivity index (χ2v) is 6.55. The van der Waals surface area contributed by atoms with Gasteiger partial charge in [-0.05, 0) is 42.3 Å². The van der Waals surface area contributed by atoms with Crippen molar-refractivity contribution in [2.24, 2.45) is 0 Å². The van der Waals surface area contributed by atoms with E-state index in [1.54, 1.807) is 12.1 Å². The minimum atomic E-state index is -0.110. The van der Waals surface area contributed by atoms with E-state index in [4.69, 9.17) is 0 Å². The van der Waals surface area contributed by atoms with Crippen molar-refractivity contribution in [2.75, 3.05) is 6.54 Å². The van der Waals surface area contributed by atoms with E-state index >= 15 is 0 Å². The summed E-state index contributed by atoms with van der Waals surface area (Å²) in [6.07, 6.45) is 0. The third-order valence-corrected chi connectivity index (χ3v) is 4.58. The lowest BCUT2D eigenvalue weighted by Crippen LogP contribution is -2.30. The molecule has 0 aliphatic heterocycles. The van der Waals surface area contributed by atoms with Crippen LogP contribution in [0.2, 0.25) is 0 Å². The highest BCUT2D eigenvalue weighted by Crippen LogP contribution is 2.12. The Morgan fingerprint density at radius 1 is 0.750 bits per heavy atom. The van der Waals surface area contributed by atoms with Crippen molar-refractivity contribution in [3.8, 4) is 0 Å². The fourth-order valence-electron chi connectivity index (χ4n) is 2.95. The summed E-state index contributed by atoms with van der Waals surface area (Å²) < 4.78 is 0. The Kier molecular flexibility index (Phi) is 6.58. The number of rotatable bonds is 7. The standard InChI is InChI=1S/C24H24N2O2/c1-2-26(18-20-9-5-3-6-10-20)24(28)22-15-13-19(14-16-22)17-25-23(27)21-11-7-4-8-12-21/h3-16H,2,17-18H2,1H3,(H,25,27). The van der Waals surface area contributed by atoms with Crippen LogP contribution in [0.1, 0.15) is 38.8 Å². The predicted molar refractivity (Wildman–Crippen MR) is 111 cm³/mol. The average molecular weight is 372 g/mol. The summed E-state index contributed by atoms with van der Waals surface area (Å²) in [6, 6.07) is 26.5. The van der Waals surface area contributed by atoms with Gasteiger partial charge in [0, 0.05) is 30.8 Å². The van der Waals surface area contributed by atoms with E-state index in [1.165, 1.54) is 0 Å². The molecule has 0 fully saturated rings. The topological polar surface area (TPSA) is 49.4 Å². The van der Waals surface area contributed by atoms with E-state index in [1.807, 2.05) is 84.6 Å². The number of carbonyl (C=O) groups excluding carboxylic acids is 2. The Morgan fingerprint density at radius 3 is 1.96 bits per heavy atom. The molecular formula is C24H24N2O2. The van der Waals surface area contributed by atoms with Gasteiger partial charge in [-0.2, -0.15) is 0 Å². The Balaban J connectivity index is 1.59. The van der Waals surface area contributed by atoms with Gasteiger partial charge < -0.3 is 10.2 Å². The minimum absolute atomic E-state index is 0.00576. The molecule has 0 aliphatic rings. The normalized spacial score (nSPS) is 10.3. The zero-order valence-corrected chi connectivity index (χ0v) is 16.0. The minimum Gasteiger partial charge on any atom is -0.348 e. The number of carbonyl (C=O) groups is 2. The molecule has 4 nitrogen and oxygen atoms in total. The van der Waals surface area contributed by atoms with Crippen molar-refractivity contribution < 1.29 is 9.59 Å². The summed E-state index contributed by atoms with van der Waals surface area (Å²) in [5.74, 6) is -0.105. The van der Waals surface area contributed by atoms with Crippen LogP contribution in [0.5, 0.6) is 0 Å². The molecule has 4 heteroatoms. The molecule has 0 atom stereocenters. The summed E-state index contributed by atoms with van der Waals surface area (Å²) in [7, 11) is 0. The van der Waals surface area contributed by atoms with Gasteiger partial charge in [0.15, 0.2) is 0 Å². The van der Waals surface area contributed by atoms with E-state index in [9.17, 15) is 9.59 Å². The van der Waals surface area contributed by atoms with Crippen LogP contribution in [0.3, 0.4) is 0 Å². The maximum atomic E-state index is 12.8. The third kappa shape index (κ3) is 5.07. The van der Waals surface area contributed by atoms with Crippen LogP contribution >= 0.6 is 0 Å². The fourth-order valence-corrected chi connectivity index (χ4v) is 2.95. The van der Waals surface area contributed by atoms with Crippen molar-refractivity contribution in [2.45, 2.75) is 20.0 Å². The van der Waals surface area contributed by atoms with E-state index in [-0.39, 0.29) is 11.8 Å². The lowest BCUT2D eigenvalue weighted by atomic mass is 10.1. The lowest BCUT2D eigenvalue weighted by Gasteiger charge is -2.21. The van der Waals surface area contributed by atoms with Crippen molar-refractivity contribution in [3.63, 3.8) is 0 Å². The second kappa shape index (κ2) is 9.51. The molecule has 0 saturated carbocycles. The van der Waals surface area contributed by atoms with Gasteiger partial charge in [0.1, 0.15) is 0 Å².